The fourth-order valence-electron chi connectivity index (χ4n) is 3.58. The van der Waals surface area contributed by atoms with E-state index < -0.39 is 0 Å². The van der Waals surface area contributed by atoms with Crippen LogP contribution in [0.5, 0.6) is 5.75 Å². The molecule has 1 unspecified atom stereocenters. The lowest BCUT2D eigenvalue weighted by atomic mass is 9.85. The van der Waals surface area contributed by atoms with E-state index in [0.29, 0.717) is 12.5 Å². The highest BCUT2D eigenvalue weighted by atomic mass is 35.5. The van der Waals surface area contributed by atoms with Crippen LogP contribution in [0.25, 0.3) is 0 Å². The first-order valence-corrected chi connectivity index (χ1v) is 9.68. The second kappa shape index (κ2) is 7.99. The van der Waals surface area contributed by atoms with Crippen LogP contribution in [0.3, 0.4) is 0 Å². The molecule has 0 aromatic heterocycles. The smallest absolute Gasteiger partial charge is 0.127 e. The number of hydrogen-bond acceptors (Lipinski definition) is 2. The molecule has 0 aliphatic carbocycles. The molecular formula is C21H25Cl2NO. The van der Waals surface area contributed by atoms with Gasteiger partial charge in [-0.2, -0.15) is 0 Å². The topological polar surface area (TPSA) is 12.5 Å². The lowest BCUT2D eigenvalue weighted by molar-refractivity contribution is 0.136. The van der Waals surface area contributed by atoms with E-state index >= 15 is 0 Å². The Bertz CT molecular complexity index is 724. The van der Waals surface area contributed by atoms with Gasteiger partial charge >= 0.3 is 0 Å². The zero-order valence-electron chi connectivity index (χ0n) is 15.1. The molecule has 0 bridgehead atoms. The van der Waals surface area contributed by atoms with Gasteiger partial charge in [0, 0.05) is 41.7 Å². The zero-order chi connectivity index (χ0) is 18.0. The average Bonchev–Trinajstić information content (AvgIpc) is 2.56. The molecule has 0 N–H and O–H groups in total. The van der Waals surface area contributed by atoms with Crippen LogP contribution >= 0.6 is 23.2 Å². The van der Waals surface area contributed by atoms with Crippen LogP contribution in [0.2, 0.25) is 5.02 Å². The summed E-state index contributed by atoms with van der Waals surface area (Å²) in [7, 11) is 0. The van der Waals surface area contributed by atoms with Crippen molar-refractivity contribution in [3.63, 3.8) is 0 Å². The maximum Gasteiger partial charge on any atom is 0.127 e. The van der Waals surface area contributed by atoms with Crippen molar-refractivity contribution < 1.29 is 4.74 Å². The molecule has 3 rings (SSSR count). The van der Waals surface area contributed by atoms with Gasteiger partial charge in [0.15, 0.2) is 0 Å². The number of hydrogen-bond donors (Lipinski definition) is 0. The number of likely N-dealkylation sites (tertiary alicyclic amines) is 1. The molecule has 2 nitrogen and oxygen atoms in total. The van der Waals surface area contributed by atoms with Crippen molar-refractivity contribution in [2.75, 3.05) is 19.7 Å². The van der Waals surface area contributed by atoms with Crippen molar-refractivity contribution in [3.8, 4) is 5.75 Å². The lowest BCUT2D eigenvalue weighted by Gasteiger charge is -2.41. The fraction of sp³-hybridized carbons (Fsp3) is 0.429. The first-order chi connectivity index (χ1) is 12.0. The summed E-state index contributed by atoms with van der Waals surface area (Å²) < 4.78 is 6.01. The molecule has 0 amide bonds. The van der Waals surface area contributed by atoms with Crippen molar-refractivity contribution >= 4 is 23.2 Å². The summed E-state index contributed by atoms with van der Waals surface area (Å²) in [5.41, 5.74) is 4.70. The van der Waals surface area contributed by atoms with Gasteiger partial charge in [0.1, 0.15) is 5.75 Å². The maximum atomic E-state index is 6.50. The van der Waals surface area contributed by atoms with Gasteiger partial charge < -0.3 is 4.74 Å². The van der Waals surface area contributed by atoms with Gasteiger partial charge in [-0.05, 0) is 38.0 Å². The highest BCUT2D eigenvalue weighted by Crippen LogP contribution is 2.44. The third kappa shape index (κ3) is 3.97. The van der Waals surface area contributed by atoms with E-state index in [1.807, 2.05) is 19.9 Å². The SMILES string of the molecule is CCOc1c(C(C)Cl)cc(Cl)c(C)c1C1CN(Cc2ccccc2)C1. The number of halogens is 2. The highest BCUT2D eigenvalue weighted by Gasteiger charge is 2.33. The number of ether oxygens (including phenoxy) is 1. The minimum Gasteiger partial charge on any atom is -0.493 e. The lowest BCUT2D eigenvalue weighted by Crippen LogP contribution is -2.44. The summed E-state index contributed by atoms with van der Waals surface area (Å²) in [5, 5.41) is 0.654. The minimum atomic E-state index is -0.126. The molecule has 134 valence electrons. The van der Waals surface area contributed by atoms with E-state index in [0.717, 1.165) is 41.5 Å². The summed E-state index contributed by atoms with van der Waals surface area (Å²) in [6.45, 7) is 9.72. The van der Waals surface area contributed by atoms with E-state index in [4.69, 9.17) is 27.9 Å². The summed E-state index contributed by atoms with van der Waals surface area (Å²) in [4.78, 5) is 2.46. The maximum absolute atomic E-state index is 6.50. The predicted octanol–water partition coefficient (Wildman–Crippen LogP) is 5.95. The standard InChI is InChI=1S/C21H25Cl2NO/c1-4-25-21-18(15(3)22)10-19(23)14(2)20(21)17-12-24(13-17)11-16-8-6-5-7-9-16/h5-10,15,17H,4,11-13H2,1-3H3. The molecule has 1 fully saturated rings. The molecule has 1 aliphatic heterocycles. The van der Waals surface area contributed by atoms with Crippen LogP contribution in [0, 0.1) is 6.92 Å². The van der Waals surface area contributed by atoms with Gasteiger partial charge in [-0.15, -0.1) is 11.6 Å². The average molecular weight is 378 g/mol. The molecule has 1 saturated heterocycles. The van der Waals surface area contributed by atoms with Crippen LogP contribution in [-0.2, 0) is 6.54 Å². The Morgan fingerprint density at radius 3 is 2.52 bits per heavy atom. The van der Waals surface area contributed by atoms with Crippen LogP contribution in [-0.4, -0.2) is 24.6 Å². The molecule has 0 saturated carbocycles. The van der Waals surface area contributed by atoms with Crippen molar-refractivity contribution in [3.05, 3.63) is 63.7 Å². The summed E-state index contributed by atoms with van der Waals surface area (Å²) >= 11 is 12.9. The van der Waals surface area contributed by atoms with E-state index in [1.54, 1.807) is 0 Å². The number of rotatable bonds is 6. The van der Waals surface area contributed by atoms with Gasteiger partial charge in [-0.1, -0.05) is 41.9 Å². The summed E-state index contributed by atoms with van der Waals surface area (Å²) in [5.74, 6) is 1.38. The van der Waals surface area contributed by atoms with E-state index in [2.05, 4.69) is 42.2 Å². The Balaban J connectivity index is 1.83. The quantitative estimate of drug-likeness (QED) is 0.576. The Morgan fingerprint density at radius 1 is 1.24 bits per heavy atom. The fourth-order valence-corrected chi connectivity index (χ4v) is 3.96. The highest BCUT2D eigenvalue weighted by molar-refractivity contribution is 6.31. The Morgan fingerprint density at radius 2 is 1.92 bits per heavy atom. The monoisotopic (exact) mass is 377 g/mol. The molecule has 0 radical (unpaired) electrons. The Hall–Kier alpha value is -1.22. The number of alkyl halides is 1. The number of benzene rings is 2. The van der Waals surface area contributed by atoms with Crippen LogP contribution in [0.1, 0.15) is 47.4 Å². The van der Waals surface area contributed by atoms with Crippen molar-refractivity contribution in [2.24, 2.45) is 0 Å². The molecule has 1 aliphatic rings. The van der Waals surface area contributed by atoms with Gasteiger partial charge in [0.2, 0.25) is 0 Å². The molecule has 25 heavy (non-hydrogen) atoms. The van der Waals surface area contributed by atoms with Gasteiger partial charge in [0.25, 0.3) is 0 Å². The second-order valence-corrected chi connectivity index (χ2v) is 7.80. The molecule has 2 aromatic rings. The zero-order valence-corrected chi connectivity index (χ0v) is 16.6. The molecular weight excluding hydrogens is 353 g/mol. The first-order valence-electron chi connectivity index (χ1n) is 8.87. The van der Waals surface area contributed by atoms with Crippen molar-refractivity contribution in [1.82, 2.24) is 4.90 Å². The van der Waals surface area contributed by atoms with E-state index in [9.17, 15) is 0 Å². The molecule has 1 atom stereocenters. The third-order valence-electron chi connectivity index (χ3n) is 4.88. The summed E-state index contributed by atoms with van der Waals surface area (Å²) in [6, 6.07) is 12.6. The molecule has 1 heterocycles. The van der Waals surface area contributed by atoms with E-state index in [-0.39, 0.29) is 5.38 Å². The Labute approximate surface area is 160 Å². The normalized spacial score (nSPS) is 16.5. The van der Waals surface area contributed by atoms with Crippen molar-refractivity contribution in [2.45, 2.75) is 38.6 Å². The number of nitrogens with zero attached hydrogens (tertiary/aromatic N) is 1. The first kappa shape index (κ1) is 18.6. The molecule has 0 spiro atoms. The van der Waals surface area contributed by atoms with Gasteiger partial charge in [-0.25, -0.2) is 0 Å². The van der Waals surface area contributed by atoms with Gasteiger partial charge in [0.05, 0.1) is 12.0 Å². The molecule has 2 aromatic carbocycles. The minimum absolute atomic E-state index is 0.126. The predicted molar refractivity (Wildman–Crippen MR) is 106 cm³/mol. The van der Waals surface area contributed by atoms with Crippen LogP contribution in [0.15, 0.2) is 36.4 Å². The summed E-state index contributed by atoms with van der Waals surface area (Å²) in [6.07, 6.45) is 0. The van der Waals surface area contributed by atoms with Gasteiger partial charge in [-0.3, -0.25) is 4.90 Å². The van der Waals surface area contributed by atoms with Crippen molar-refractivity contribution in [1.29, 1.82) is 0 Å². The third-order valence-corrected chi connectivity index (χ3v) is 5.51. The molecule has 4 heteroatoms. The van der Waals surface area contributed by atoms with Crippen LogP contribution < -0.4 is 4.74 Å². The largest absolute Gasteiger partial charge is 0.493 e. The Kier molecular flexibility index (Phi) is 5.93. The second-order valence-electron chi connectivity index (χ2n) is 6.74. The van der Waals surface area contributed by atoms with Crippen LogP contribution in [0.4, 0.5) is 0 Å². The van der Waals surface area contributed by atoms with E-state index in [1.165, 1.54) is 11.1 Å².